The fourth-order valence-corrected chi connectivity index (χ4v) is 3.28. The molecule has 2 heterocycles. The van der Waals surface area contributed by atoms with E-state index in [4.69, 9.17) is 4.74 Å². The van der Waals surface area contributed by atoms with Gasteiger partial charge in [-0.2, -0.15) is 11.8 Å². The molecular weight excluding hydrogens is 232 g/mol. The van der Waals surface area contributed by atoms with Crippen LogP contribution < -0.4 is 10.1 Å². The molecule has 1 atom stereocenters. The van der Waals surface area contributed by atoms with E-state index in [1.807, 2.05) is 13.0 Å². The van der Waals surface area contributed by atoms with Crippen molar-refractivity contribution >= 4 is 17.4 Å². The van der Waals surface area contributed by atoms with Gasteiger partial charge in [0.1, 0.15) is 0 Å². The largest absolute Gasteiger partial charge is 0.493 e. The van der Waals surface area contributed by atoms with E-state index in [1.54, 1.807) is 13.3 Å². The van der Waals surface area contributed by atoms with Crippen LogP contribution in [0.5, 0.6) is 5.75 Å². The Morgan fingerprint density at radius 2 is 2.41 bits per heavy atom. The van der Waals surface area contributed by atoms with E-state index in [0.29, 0.717) is 0 Å². The molecule has 1 fully saturated rings. The summed E-state index contributed by atoms with van der Waals surface area (Å²) in [6.07, 6.45) is 5.85. The van der Waals surface area contributed by atoms with Crippen LogP contribution in [0.3, 0.4) is 0 Å². The van der Waals surface area contributed by atoms with E-state index < -0.39 is 0 Å². The zero-order valence-electron chi connectivity index (χ0n) is 10.5. The van der Waals surface area contributed by atoms with Crippen LogP contribution in [-0.2, 0) is 0 Å². The number of nitrogens with one attached hydrogen (secondary N) is 1. The van der Waals surface area contributed by atoms with Crippen molar-refractivity contribution in [3.63, 3.8) is 0 Å². The minimum absolute atomic E-state index is 0.738. The van der Waals surface area contributed by atoms with Gasteiger partial charge < -0.3 is 10.1 Å². The van der Waals surface area contributed by atoms with Crippen LogP contribution in [0.1, 0.15) is 25.0 Å². The number of aromatic nitrogens is 1. The summed E-state index contributed by atoms with van der Waals surface area (Å²) in [6, 6.07) is 2.05. The van der Waals surface area contributed by atoms with Crippen molar-refractivity contribution in [1.29, 1.82) is 0 Å². The first-order valence-corrected chi connectivity index (χ1v) is 7.20. The summed E-state index contributed by atoms with van der Waals surface area (Å²) in [5.74, 6) is 2.13. The third-order valence-electron chi connectivity index (χ3n) is 3.02. The Bertz CT molecular complexity index is 364. The summed E-state index contributed by atoms with van der Waals surface area (Å²) in [6.45, 7) is 3.02. The minimum atomic E-state index is 0.738. The van der Waals surface area contributed by atoms with E-state index >= 15 is 0 Å². The van der Waals surface area contributed by atoms with Crippen LogP contribution in [-0.4, -0.2) is 29.6 Å². The van der Waals surface area contributed by atoms with Gasteiger partial charge in [0.15, 0.2) is 5.75 Å². The summed E-state index contributed by atoms with van der Waals surface area (Å²) >= 11 is 2.08. The Balaban J connectivity index is 1.95. The molecule has 17 heavy (non-hydrogen) atoms. The predicted molar refractivity (Wildman–Crippen MR) is 74.1 cm³/mol. The Labute approximate surface area is 107 Å². The number of anilines is 1. The number of nitrogens with zero attached hydrogens (tertiary/aromatic N) is 1. The van der Waals surface area contributed by atoms with Crippen molar-refractivity contribution in [3.05, 3.63) is 18.0 Å². The van der Waals surface area contributed by atoms with Gasteiger partial charge in [-0.25, -0.2) is 0 Å². The van der Waals surface area contributed by atoms with E-state index in [0.717, 1.165) is 28.9 Å². The third kappa shape index (κ3) is 3.53. The molecule has 1 aliphatic rings. The molecule has 0 bridgehead atoms. The molecule has 0 spiro atoms. The van der Waals surface area contributed by atoms with E-state index in [1.165, 1.54) is 25.0 Å². The zero-order chi connectivity index (χ0) is 12.1. The molecule has 0 amide bonds. The first-order valence-electron chi connectivity index (χ1n) is 6.15. The van der Waals surface area contributed by atoms with E-state index in [-0.39, 0.29) is 0 Å². The maximum atomic E-state index is 5.31. The molecule has 1 unspecified atom stereocenters. The van der Waals surface area contributed by atoms with Gasteiger partial charge in [0.05, 0.1) is 19.0 Å². The lowest BCUT2D eigenvalue weighted by molar-refractivity contribution is 0.414. The lowest BCUT2D eigenvalue weighted by atomic mass is 10.2. The monoisotopic (exact) mass is 252 g/mol. The van der Waals surface area contributed by atoms with Crippen LogP contribution in [0.15, 0.2) is 12.3 Å². The molecule has 1 N–H and O–H groups in total. The summed E-state index contributed by atoms with van der Waals surface area (Å²) < 4.78 is 5.31. The quantitative estimate of drug-likeness (QED) is 0.893. The maximum Gasteiger partial charge on any atom is 0.160 e. The normalized spacial score (nSPS) is 20.0. The Morgan fingerprint density at radius 1 is 1.53 bits per heavy atom. The number of pyridine rings is 1. The third-order valence-corrected chi connectivity index (χ3v) is 4.42. The molecule has 0 aromatic carbocycles. The van der Waals surface area contributed by atoms with Gasteiger partial charge in [0.25, 0.3) is 0 Å². The van der Waals surface area contributed by atoms with Crippen LogP contribution in [0.4, 0.5) is 5.69 Å². The average molecular weight is 252 g/mol. The summed E-state index contributed by atoms with van der Waals surface area (Å²) in [5.41, 5.74) is 2.08. The van der Waals surface area contributed by atoms with Gasteiger partial charge in [-0.1, -0.05) is 6.42 Å². The average Bonchev–Trinajstić information content (AvgIpc) is 2.38. The molecule has 3 nitrogen and oxygen atoms in total. The second-order valence-corrected chi connectivity index (χ2v) is 5.80. The lowest BCUT2D eigenvalue weighted by Crippen LogP contribution is -2.20. The standard InChI is InChI=1S/C13H20N2OS/c1-10-7-12(13(16-2)9-14-10)15-8-11-5-3-4-6-17-11/h7,9,11H,3-6,8H2,1-2H3,(H,14,15). The van der Waals surface area contributed by atoms with Gasteiger partial charge in [0, 0.05) is 17.5 Å². The Kier molecular flexibility index (Phi) is 4.54. The second kappa shape index (κ2) is 6.15. The summed E-state index contributed by atoms with van der Waals surface area (Å²) in [5, 5.41) is 4.23. The molecule has 1 aliphatic heterocycles. The smallest absolute Gasteiger partial charge is 0.160 e. The van der Waals surface area contributed by atoms with Crippen LogP contribution >= 0.6 is 11.8 Å². The number of rotatable bonds is 4. The highest BCUT2D eigenvalue weighted by Gasteiger charge is 2.14. The van der Waals surface area contributed by atoms with Gasteiger partial charge in [-0.3, -0.25) is 4.98 Å². The number of thioether (sulfide) groups is 1. The molecule has 0 aliphatic carbocycles. The topological polar surface area (TPSA) is 34.1 Å². The molecule has 1 saturated heterocycles. The molecule has 1 aromatic rings. The van der Waals surface area contributed by atoms with Gasteiger partial charge >= 0.3 is 0 Å². The van der Waals surface area contributed by atoms with Gasteiger partial charge in [-0.05, 0) is 31.6 Å². The predicted octanol–water partition coefficient (Wildman–Crippen LogP) is 3.10. The lowest BCUT2D eigenvalue weighted by Gasteiger charge is -2.22. The van der Waals surface area contributed by atoms with Crippen molar-refractivity contribution in [2.75, 3.05) is 24.7 Å². The Hall–Kier alpha value is -0.900. The van der Waals surface area contributed by atoms with Crippen LogP contribution in [0.2, 0.25) is 0 Å². The molecule has 94 valence electrons. The first-order chi connectivity index (χ1) is 8.29. The maximum absolute atomic E-state index is 5.31. The van der Waals surface area contributed by atoms with Crippen LogP contribution in [0.25, 0.3) is 0 Å². The van der Waals surface area contributed by atoms with Crippen molar-refractivity contribution in [3.8, 4) is 5.75 Å². The second-order valence-electron chi connectivity index (χ2n) is 4.40. The summed E-state index contributed by atoms with van der Waals surface area (Å²) in [4.78, 5) is 4.24. The van der Waals surface area contributed by atoms with Crippen LogP contribution in [0, 0.1) is 6.92 Å². The number of aryl methyl sites for hydroxylation is 1. The zero-order valence-corrected chi connectivity index (χ0v) is 11.3. The number of ether oxygens (including phenoxy) is 1. The number of hydrogen-bond donors (Lipinski definition) is 1. The highest BCUT2D eigenvalue weighted by molar-refractivity contribution is 7.99. The molecule has 2 rings (SSSR count). The molecule has 0 radical (unpaired) electrons. The number of hydrogen-bond acceptors (Lipinski definition) is 4. The Morgan fingerprint density at radius 3 is 3.12 bits per heavy atom. The summed E-state index contributed by atoms with van der Waals surface area (Å²) in [7, 11) is 1.69. The van der Waals surface area contributed by atoms with E-state index in [9.17, 15) is 0 Å². The van der Waals surface area contributed by atoms with E-state index in [2.05, 4.69) is 22.1 Å². The first kappa shape index (κ1) is 12.6. The van der Waals surface area contributed by atoms with Crippen molar-refractivity contribution in [2.24, 2.45) is 0 Å². The highest BCUT2D eigenvalue weighted by atomic mass is 32.2. The minimum Gasteiger partial charge on any atom is -0.493 e. The number of methoxy groups -OCH3 is 1. The molecular formula is C13H20N2OS. The van der Waals surface area contributed by atoms with Gasteiger partial charge in [0.2, 0.25) is 0 Å². The molecule has 1 aromatic heterocycles. The fraction of sp³-hybridized carbons (Fsp3) is 0.615. The van der Waals surface area contributed by atoms with Crippen molar-refractivity contribution < 1.29 is 4.74 Å². The molecule has 4 heteroatoms. The van der Waals surface area contributed by atoms with Crippen molar-refractivity contribution in [1.82, 2.24) is 4.98 Å². The van der Waals surface area contributed by atoms with Gasteiger partial charge in [-0.15, -0.1) is 0 Å². The highest BCUT2D eigenvalue weighted by Crippen LogP contribution is 2.28. The SMILES string of the molecule is COc1cnc(C)cc1NCC1CCCCS1. The fourth-order valence-electron chi connectivity index (χ4n) is 2.04. The molecule has 0 saturated carbocycles. The van der Waals surface area contributed by atoms with Crippen molar-refractivity contribution in [2.45, 2.75) is 31.4 Å².